The molecule has 0 unspecified atom stereocenters. The molecule has 1 aromatic carbocycles. The Morgan fingerprint density at radius 3 is 2.86 bits per heavy atom. The van der Waals surface area contributed by atoms with E-state index < -0.39 is 0 Å². The number of nitrogens with one attached hydrogen (secondary N) is 1. The molecule has 0 fully saturated rings. The molecule has 0 atom stereocenters. The van der Waals surface area contributed by atoms with Gasteiger partial charge in [0.2, 0.25) is 0 Å². The molecule has 1 heterocycles. The van der Waals surface area contributed by atoms with Gasteiger partial charge in [0.25, 0.3) is 0 Å². The van der Waals surface area contributed by atoms with E-state index in [4.69, 9.17) is 11.6 Å². The molecule has 0 spiro atoms. The van der Waals surface area contributed by atoms with Gasteiger partial charge >= 0.3 is 0 Å². The van der Waals surface area contributed by atoms with E-state index in [1.165, 1.54) is 11.1 Å². The maximum absolute atomic E-state index is 6.04. The molecule has 0 radical (unpaired) electrons. The highest BCUT2D eigenvalue weighted by Crippen LogP contribution is 2.28. The van der Waals surface area contributed by atoms with Gasteiger partial charge in [-0.25, -0.2) is 0 Å². The number of halogens is 2. The highest BCUT2D eigenvalue weighted by Gasteiger charge is 2.06. The zero-order chi connectivity index (χ0) is 9.97. The number of benzene rings is 1. The predicted molar refractivity (Wildman–Crippen MR) is 64.6 cm³/mol. The van der Waals surface area contributed by atoms with Crippen molar-refractivity contribution in [3.8, 4) is 0 Å². The van der Waals surface area contributed by atoms with Crippen LogP contribution < -0.4 is 5.32 Å². The highest BCUT2D eigenvalue weighted by atomic mass is 79.9. The van der Waals surface area contributed by atoms with Crippen LogP contribution >= 0.6 is 27.5 Å². The third kappa shape index (κ3) is 2.19. The van der Waals surface area contributed by atoms with E-state index >= 15 is 0 Å². The summed E-state index contributed by atoms with van der Waals surface area (Å²) in [4.78, 5) is 0. The summed E-state index contributed by atoms with van der Waals surface area (Å²) in [5, 5.41) is 4.07. The molecule has 0 aliphatic carbocycles. The van der Waals surface area contributed by atoms with Crippen molar-refractivity contribution < 1.29 is 0 Å². The summed E-state index contributed by atoms with van der Waals surface area (Å²) in [6, 6.07) is 6.12. The second-order valence-electron chi connectivity index (χ2n) is 3.31. The van der Waals surface area contributed by atoms with Gasteiger partial charge in [0.1, 0.15) is 0 Å². The average molecular weight is 273 g/mol. The van der Waals surface area contributed by atoms with Gasteiger partial charge in [-0.1, -0.05) is 23.7 Å². The van der Waals surface area contributed by atoms with E-state index in [-0.39, 0.29) is 0 Å². The fraction of sp³-hybridized carbons (Fsp3) is 0.273. The first-order valence-electron chi connectivity index (χ1n) is 4.62. The lowest BCUT2D eigenvalue weighted by atomic mass is 10.0. The third-order valence-electron chi connectivity index (χ3n) is 2.35. The van der Waals surface area contributed by atoms with Crippen LogP contribution in [-0.4, -0.2) is 13.1 Å². The Morgan fingerprint density at radius 2 is 2.21 bits per heavy atom. The van der Waals surface area contributed by atoms with Crippen LogP contribution in [0.2, 0.25) is 5.02 Å². The van der Waals surface area contributed by atoms with Gasteiger partial charge in [0, 0.05) is 11.0 Å². The van der Waals surface area contributed by atoms with Gasteiger partial charge in [-0.15, -0.1) is 0 Å². The largest absolute Gasteiger partial charge is 0.313 e. The topological polar surface area (TPSA) is 12.0 Å². The smallest absolute Gasteiger partial charge is 0.0554 e. The normalized spacial score (nSPS) is 16.6. The van der Waals surface area contributed by atoms with Crippen molar-refractivity contribution in [3.05, 3.63) is 39.3 Å². The zero-order valence-electron chi connectivity index (χ0n) is 7.69. The van der Waals surface area contributed by atoms with Crippen molar-refractivity contribution in [1.82, 2.24) is 5.32 Å². The highest BCUT2D eigenvalue weighted by molar-refractivity contribution is 9.10. The van der Waals surface area contributed by atoms with Gasteiger partial charge in [-0.2, -0.15) is 0 Å². The van der Waals surface area contributed by atoms with Crippen LogP contribution in [0.5, 0.6) is 0 Å². The second-order valence-corrected chi connectivity index (χ2v) is 4.57. The minimum Gasteiger partial charge on any atom is -0.313 e. The Balaban J connectivity index is 2.32. The minimum atomic E-state index is 0.780. The van der Waals surface area contributed by atoms with Crippen molar-refractivity contribution in [2.45, 2.75) is 6.42 Å². The maximum atomic E-state index is 6.04. The predicted octanol–water partition coefficient (Wildman–Crippen LogP) is 3.48. The van der Waals surface area contributed by atoms with Crippen molar-refractivity contribution >= 4 is 33.1 Å². The van der Waals surface area contributed by atoms with Gasteiger partial charge in [-0.05, 0) is 52.2 Å². The van der Waals surface area contributed by atoms with E-state index in [0.717, 1.165) is 29.0 Å². The Bertz CT molecular complexity index is 374. The molecule has 3 heteroatoms. The molecule has 74 valence electrons. The molecule has 1 N–H and O–H groups in total. The third-order valence-corrected chi connectivity index (χ3v) is 3.59. The first-order chi connectivity index (χ1) is 6.77. The quantitative estimate of drug-likeness (QED) is 0.825. The molecule has 0 saturated heterocycles. The summed E-state index contributed by atoms with van der Waals surface area (Å²) >= 11 is 9.43. The lowest BCUT2D eigenvalue weighted by molar-refractivity contribution is 0.738. The molecule has 0 saturated carbocycles. The lowest BCUT2D eigenvalue weighted by Crippen LogP contribution is -2.19. The zero-order valence-corrected chi connectivity index (χ0v) is 10.0. The average Bonchev–Trinajstić information content (AvgIpc) is 2.23. The summed E-state index contributed by atoms with van der Waals surface area (Å²) in [6.45, 7) is 2.02. The van der Waals surface area contributed by atoms with Crippen LogP contribution in [0.1, 0.15) is 12.0 Å². The van der Waals surface area contributed by atoms with Crippen LogP contribution in [0.4, 0.5) is 0 Å². The van der Waals surface area contributed by atoms with E-state index in [0.29, 0.717) is 0 Å². The first-order valence-corrected chi connectivity index (χ1v) is 5.79. The lowest BCUT2D eigenvalue weighted by Gasteiger charge is -2.14. The minimum absolute atomic E-state index is 0.780. The summed E-state index contributed by atoms with van der Waals surface area (Å²) < 4.78 is 0.956. The summed E-state index contributed by atoms with van der Waals surface area (Å²) in [5.41, 5.74) is 2.62. The van der Waals surface area contributed by atoms with Crippen LogP contribution in [0.15, 0.2) is 28.7 Å². The molecular formula is C11H11BrClN. The maximum Gasteiger partial charge on any atom is 0.0554 e. The van der Waals surface area contributed by atoms with Crippen molar-refractivity contribution in [3.63, 3.8) is 0 Å². The van der Waals surface area contributed by atoms with E-state index in [2.05, 4.69) is 33.4 Å². The molecule has 0 bridgehead atoms. The van der Waals surface area contributed by atoms with Crippen molar-refractivity contribution in [1.29, 1.82) is 0 Å². The molecule has 1 aromatic rings. The SMILES string of the molecule is Clc1cc(C2=CCNCC2)ccc1Br. The van der Waals surface area contributed by atoms with E-state index in [1.807, 2.05) is 12.1 Å². The Labute approximate surface area is 97.3 Å². The summed E-state index contributed by atoms with van der Waals surface area (Å²) in [7, 11) is 0. The van der Waals surface area contributed by atoms with Crippen molar-refractivity contribution in [2.24, 2.45) is 0 Å². The molecule has 1 aliphatic rings. The summed E-state index contributed by atoms with van der Waals surface area (Å²) in [6.07, 6.45) is 3.31. The molecule has 2 rings (SSSR count). The van der Waals surface area contributed by atoms with Gasteiger partial charge < -0.3 is 5.32 Å². The Hall–Kier alpha value is -0.310. The molecule has 0 aromatic heterocycles. The molecule has 1 nitrogen and oxygen atoms in total. The van der Waals surface area contributed by atoms with Crippen LogP contribution in [0, 0.1) is 0 Å². The monoisotopic (exact) mass is 271 g/mol. The number of hydrogen-bond donors (Lipinski definition) is 1. The Kier molecular flexibility index (Phi) is 3.26. The van der Waals surface area contributed by atoms with Gasteiger partial charge in [0.05, 0.1) is 5.02 Å². The molecular weight excluding hydrogens is 261 g/mol. The molecule has 0 amide bonds. The molecule has 14 heavy (non-hydrogen) atoms. The van der Waals surface area contributed by atoms with Crippen LogP contribution in [0.3, 0.4) is 0 Å². The number of hydrogen-bond acceptors (Lipinski definition) is 1. The van der Waals surface area contributed by atoms with Crippen LogP contribution in [0.25, 0.3) is 5.57 Å². The number of rotatable bonds is 1. The standard InChI is InChI=1S/C11H11BrClN/c12-10-2-1-9(7-11(10)13)8-3-5-14-6-4-8/h1-3,7,14H,4-6H2. The van der Waals surface area contributed by atoms with Gasteiger partial charge in [-0.3, -0.25) is 0 Å². The fourth-order valence-electron chi connectivity index (χ4n) is 1.58. The fourth-order valence-corrected chi connectivity index (χ4v) is 2.01. The first kappa shape index (κ1) is 10.2. The van der Waals surface area contributed by atoms with Crippen LogP contribution in [-0.2, 0) is 0 Å². The summed E-state index contributed by atoms with van der Waals surface area (Å²) in [5.74, 6) is 0. The second kappa shape index (κ2) is 4.47. The molecule has 1 aliphatic heterocycles. The van der Waals surface area contributed by atoms with Crippen molar-refractivity contribution in [2.75, 3.05) is 13.1 Å². The van der Waals surface area contributed by atoms with Gasteiger partial charge in [0.15, 0.2) is 0 Å². The van der Waals surface area contributed by atoms with E-state index in [9.17, 15) is 0 Å². The van der Waals surface area contributed by atoms with E-state index in [1.54, 1.807) is 0 Å². The Morgan fingerprint density at radius 1 is 1.36 bits per heavy atom.